The molecule has 2 saturated heterocycles. The van der Waals surface area contributed by atoms with Crippen LogP contribution >= 0.6 is 0 Å². The van der Waals surface area contributed by atoms with Crippen LogP contribution in [0.4, 0.5) is 0 Å². The Hall–Kier alpha value is -0.380. The van der Waals surface area contributed by atoms with Gasteiger partial charge in [-0.1, -0.05) is 31.9 Å². The van der Waals surface area contributed by atoms with E-state index in [2.05, 4.69) is 33.0 Å². The van der Waals surface area contributed by atoms with Gasteiger partial charge in [0.05, 0.1) is 17.8 Å². The fraction of sp³-hybridized carbons (Fsp3) is 0.931. The molecule has 6 rings (SSSR count). The van der Waals surface area contributed by atoms with Crippen LogP contribution in [0.3, 0.4) is 0 Å². The van der Waals surface area contributed by atoms with Gasteiger partial charge in [0.1, 0.15) is 0 Å². The second kappa shape index (κ2) is 7.82. The van der Waals surface area contributed by atoms with Gasteiger partial charge in [-0.25, -0.2) is 0 Å². The van der Waals surface area contributed by atoms with E-state index in [0.717, 1.165) is 29.6 Å². The van der Waals surface area contributed by atoms with Crippen LogP contribution in [-0.4, -0.2) is 37.5 Å². The maximum absolute atomic E-state index is 7.05. The fourth-order valence-corrected chi connectivity index (χ4v) is 10.00. The molecule has 0 aromatic heterocycles. The molecule has 5 fully saturated rings. The van der Waals surface area contributed by atoms with Crippen molar-refractivity contribution in [3.63, 3.8) is 0 Å². The molecule has 32 heavy (non-hydrogen) atoms. The zero-order chi connectivity index (χ0) is 22.3. The van der Waals surface area contributed by atoms with Crippen molar-refractivity contribution in [2.24, 2.45) is 40.9 Å². The quantitative estimate of drug-likeness (QED) is 0.497. The number of fused-ring (bicyclic) bond motifs is 6. The summed E-state index contributed by atoms with van der Waals surface area (Å²) in [5, 5.41) is 3.88. The van der Waals surface area contributed by atoms with E-state index >= 15 is 0 Å². The lowest BCUT2D eigenvalue weighted by Crippen LogP contribution is -2.48. The Bertz CT molecular complexity index is 777. The molecule has 1 N–H and O–H groups in total. The number of piperidine rings is 1. The monoisotopic (exact) mass is 441 g/mol. The van der Waals surface area contributed by atoms with Gasteiger partial charge in [0, 0.05) is 19.1 Å². The van der Waals surface area contributed by atoms with Crippen molar-refractivity contribution in [3.8, 4) is 0 Å². The summed E-state index contributed by atoms with van der Waals surface area (Å²) in [6.07, 6.45) is 14.3. The van der Waals surface area contributed by atoms with Gasteiger partial charge in [-0.3, -0.25) is 0 Å². The summed E-state index contributed by atoms with van der Waals surface area (Å²) in [4.78, 5) is 0. The lowest BCUT2D eigenvalue weighted by Gasteiger charge is -2.54. The Morgan fingerprint density at radius 2 is 1.91 bits per heavy atom. The maximum atomic E-state index is 7.05. The summed E-state index contributed by atoms with van der Waals surface area (Å²) in [7, 11) is 1.93. The van der Waals surface area contributed by atoms with Crippen molar-refractivity contribution in [3.05, 3.63) is 11.1 Å². The molecule has 6 aliphatic rings. The van der Waals surface area contributed by atoms with Crippen molar-refractivity contribution in [1.82, 2.24) is 5.32 Å². The van der Waals surface area contributed by atoms with Crippen LogP contribution in [0.1, 0.15) is 91.9 Å². The van der Waals surface area contributed by atoms with Gasteiger partial charge in [0.15, 0.2) is 0 Å². The van der Waals surface area contributed by atoms with E-state index < -0.39 is 0 Å². The van der Waals surface area contributed by atoms with Crippen LogP contribution in [-0.2, 0) is 9.47 Å². The Balaban J connectivity index is 1.26. The highest BCUT2D eigenvalue weighted by molar-refractivity contribution is 5.29. The summed E-state index contributed by atoms with van der Waals surface area (Å²) in [6.45, 7) is 11.2. The van der Waals surface area contributed by atoms with Gasteiger partial charge >= 0.3 is 0 Å². The maximum Gasteiger partial charge on any atom is 0.0765 e. The third kappa shape index (κ3) is 3.16. The predicted octanol–water partition coefficient (Wildman–Crippen LogP) is 6.13. The molecule has 2 aliphatic heterocycles. The average molecular weight is 442 g/mol. The summed E-state index contributed by atoms with van der Waals surface area (Å²) in [5.74, 6) is 4.92. The zero-order valence-corrected chi connectivity index (χ0v) is 21.3. The van der Waals surface area contributed by atoms with E-state index in [9.17, 15) is 0 Å². The molecule has 0 radical (unpaired) electrons. The van der Waals surface area contributed by atoms with Crippen molar-refractivity contribution in [2.75, 3.05) is 13.7 Å². The molecule has 11 atom stereocenters. The SMILES string of the molecule is CO[C@@H]1CC[C@@]2(C)[C@H](CC[C@H]3[C@@H]4CC[C@@]5(CC(C)=C4C[C@@H]32)O[C@@H]2C[C@H](C)CN[C@H]2[C@H]5C)C1. The highest BCUT2D eigenvalue weighted by Crippen LogP contribution is 2.65. The van der Waals surface area contributed by atoms with E-state index in [-0.39, 0.29) is 5.60 Å². The minimum atomic E-state index is 0.0843. The average Bonchev–Trinajstić information content (AvgIpc) is 3.23. The molecular weight excluding hydrogens is 394 g/mol. The first-order valence-electron chi connectivity index (χ1n) is 14.0. The Labute approximate surface area is 196 Å². The van der Waals surface area contributed by atoms with E-state index in [1.807, 2.05) is 12.7 Å². The lowest BCUT2D eigenvalue weighted by molar-refractivity contribution is -0.0841. The number of allylic oxidation sites excluding steroid dienone is 1. The normalized spacial score (nSPS) is 55.2. The van der Waals surface area contributed by atoms with Gasteiger partial charge in [0.2, 0.25) is 0 Å². The summed E-state index contributed by atoms with van der Waals surface area (Å²) < 4.78 is 12.9. The lowest BCUT2D eigenvalue weighted by atomic mass is 9.52. The molecule has 3 nitrogen and oxygen atoms in total. The van der Waals surface area contributed by atoms with Crippen molar-refractivity contribution in [1.29, 1.82) is 0 Å². The van der Waals surface area contributed by atoms with Gasteiger partial charge in [0.25, 0.3) is 0 Å². The van der Waals surface area contributed by atoms with Crippen LogP contribution in [0.15, 0.2) is 11.1 Å². The Kier molecular flexibility index (Phi) is 5.40. The van der Waals surface area contributed by atoms with Gasteiger partial charge < -0.3 is 14.8 Å². The second-order valence-electron chi connectivity index (χ2n) is 13.3. The third-order valence-corrected chi connectivity index (χ3v) is 11.9. The molecule has 3 heteroatoms. The molecule has 0 bridgehead atoms. The van der Waals surface area contributed by atoms with Crippen LogP contribution in [0.2, 0.25) is 0 Å². The highest BCUT2D eigenvalue weighted by atomic mass is 16.5. The number of nitrogens with one attached hydrogen (secondary N) is 1. The number of hydrogen-bond acceptors (Lipinski definition) is 3. The summed E-state index contributed by atoms with van der Waals surface area (Å²) >= 11 is 0. The highest BCUT2D eigenvalue weighted by Gasteiger charge is 2.59. The van der Waals surface area contributed by atoms with E-state index in [0.29, 0.717) is 29.6 Å². The van der Waals surface area contributed by atoms with Crippen LogP contribution < -0.4 is 5.32 Å². The molecule has 180 valence electrons. The smallest absolute Gasteiger partial charge is 0.0765 e. The number of methoxy groups -OCH3 is 1. The number of rotatable bonds is 1. The molecule has 0 amide bonds. The molecule has 3 saturated carbocycles. The predicted molar refractivity (Wildman–Crippen MR) is 129 cm³/mol. The first-order chi connectivity index (χ1) is 15.3. The van der Waals surface area contributed by atoms with Crippen LogP contribution in [0, 0.1) is 40.9 Å². The molecule has 0 aromatic rings. The second-order valence-corrected chi connectivity index (χ2v) is 13.3. The van der Waals surface area contributed by atoms with Crippen LogP contribution in [0.25, 0.3) is 0 Å². The largest absolute Gasteiger partial charge is 0.381 e. The van der Waals surface area contributed by atoms with Gasteiger partial charge in [-0.2, -0.15) is 0 Å². The Morgan fingerprint density at radius 1 is 1.06 bits per heavy atom. The molecule has 0 unspecified atom stereocenters. The van der Waals surface area contributed by atoms with Crippen molar-refractivity contribution < 1.29 is 9.47 Å². The standard InChI is InChI=1S/C29H47NO2/c1-17-12-26-27(30-16-17)19(3)29(32-26)11-9-22-23-7-6-20-13-21(31-5)8-10-28(20,4)25(23)14-24(22)18(2)15-29/h17,19-23,25-27,30H,6-16H2,1-5H3/t17-,19+,20+,21+,22-,23-,25-,26+,27-,28-,29-/m0/s1. The van der Waals surface area contributed by atoms with E-state index in [4.69, 9.17) is 9.47 Å². The zero-order valence-electron chi connectivity index (χ0n) is 21.3. The molecule has 0 aromatic carbocycles. The van der Waals surface area contributed by atoms with Gasteiger partial charge in [-0.15, -0.1) is 0 Å². The molecule has 1 spiro atoms. The fourth-order valence-electron chi connectivity index (χ4n) is 10.00. The molecule has 2 heterocycles. The summed E-state index contributed by atoms with van der Waals surface area (Å²) in [5.41, 5.74) is 4.22. The molecular formula is C29H47NO2. The number of hydrogen-bond donors (Lipinski definition) is 1. The van der Waals surface area contributed by atoms with Crippen molar-refractivity contribution in [2.45, 2.75) is 116 Å². The van der Waals surface area contributed by atoms with Crippen LogP contribution in [0.5, 0.6) is 0 Å². The first-order valence-corrected chi connectivity index (χ1v) is 14.0. The topological polar surface area (TPSA) is 30.5 Å². The van der Waals surface area contributed by atoms with E-state index in [1.54, 1.807) is 5.57 Å². The van der Waals surface area contributed by atoms with Gasteiger partial charge in [-0.05, 0) is 113 Å². The minimum absolute atomic E-state index is 0.0843. The Morgan fingerprint density at radius 3 is 2.72 bits per heavy atom. The van der Waals surface area contributed by atoms with E-state index in [1.165, 1.54) is 70.8 Å². The first kappa shape index (κ1) is 22.1. The van der Waals surface area contributed by atoms with Crippen molar-refractivity contribution >= 4 is 0 Å². The summed E-state index contributed by atoms with van der Waals surface area (Å²) in [6, 6.07) is 0.569. The third-order valence-electron chi connectivity index (χ3n) is 11.9. The number of ether oxygens (including phenoxy) is 2. The minimum Gasteiger partial charge on any atom is -0.381 e. The molecule has 4 aliphatic carbocycles.